The maximum atomic E-state index is 5.90. The first-order chi connectivity index (χ1) is 11.1. The SMILES string of the molecule is C#CCO[C@@H]1[C@H]2OC(C)(C)O[C@H]2O[C@@H]1COCc1ccccc1. The topological polar surface area (TPSA) is 46.2 Å². The van der Waals surface area contributed by atoms with Gasteiger partial charge in [0.2, 0.25) is 0 Å². The lowest BCUT2D eigenvalue weighted by Gasteiger charge is -2.25. The van der Waals surface area contributed by atoms with Crippen LogP contribution in [0, 0.1) is 12.3 Å². The number of hydrogen-bond acceptors (Lipinski definition) is 5. The summed E-state index contributed by atoms with van der Waals surface area (Å²) >= 11 is 0. The smallest absolute Gasteiger partial charge is 0.190 e. The third-order valence-electron chi connectivity index (χ3n) is 3.84. The summed E-state index contributed by atoms with van der Waals surface area (Å²) in [7, 11) is 0. The molecule has 3 rings (SSSR count). The summed E-state index contributed by atoms with van der Waals surface area (Å²) in [6.45, 7) is 4.83. The minimum atomic E-state index is -0.678. The van der Waals surface area contributed by atoms with Crippen molar-refractivity contribution in [1.29, 1.82) is 0 Å². The van der Waals surface area contributed by atoms with E-state index < -0.39 is 12.1 Å². The summed E-state index contributed by atoms with van der Waals surface area (Å²) in [5.74, 6) is 1.81. The molecule has 5 heteroatoms. The lowest BCUT2D eigenvalue weighted by Crippen LogP contribution is -2.39. The van der Waals surface area contributed by atoms with Crippen LogP contribution in [0.4, 0.5) is 0 Å². The fourth-order valence-electron chi connectivity index (χ4n) is 2.89. The van der Waals surface area contributed by atoms with Crippen LogP contribution in [-0.2, 0) is 30.3 Å². The predicted octanol–water partition coefficient (Wildman–Crippen LogP) is 2.10. The zero-order chi connectivity index (χ0) is 16.3. The van der Waals surface area contributed by atoms with Gasteiger partial charge in [0.1, 0.15) is 24.9 Å². The van der Waals surface area contributed by atoms with Crippen LogP contribution in [0.1, 0.15) is 19.4 Å². The third-order valence-corrected chi connectivity index (χ3v) is 3.84. The first-order valence-electron chi connectivity index (χ1n) is 7.77. The Kier molecular flexibility index (Phi) is 5.00. The van der Waals surface area contributed by atoms with Gasteiger partial charge in [-0.25, -0.2) is 0 Å². The van der Waals surface area contributed by atoms with Gasteiger partial charge in [0.25, 0.3) is 0 Å². The normalized spacial score (nSPS) is 31.7. The van der Waals surface area contributed by atoms with E-state index in [1.165, 1.54) is 0 Å². The maximum absolute atomic E-state index is 5.90. The Morgan fingerprint density at radius 2 is 2.00 bits per heavy atom. The summed E-state index contributed by atoms with van der Waals surface area (Å²) in [5, 5.41) is 0. The highest BCUT2D eigenvalue weighted by molar-refractivity contribution is 5.13. The Morgan fingerprint density at radius 3 is 2.74 bits per heavy atom. The van der Waals surface area contributed by atoms with E-state index in [0.29, 0.717) is 13.2 Å². The predicted molar refractivity (Wildman–Crippen MR) is 83.4 cm³/mol. The largest absolute Gasteiger partial charge is 0.374 e. The number of ether oxygens (including phenoxy) is 5. The Balaban J connectivity index is 1.57. The molecule has 0 amide bonds. The Hall–Kier alpha value is -1.42. The van der Waals surface area contributed by atoms with Crippen molar-refractivity contribution in [3.05, 3.63) is 35.9 Å². The van der Waals surface area contributed by atoms with Crippen molar-refractivity contribution in [3.63, 3.8) is 0 Å². The average molecular weight is 318 g/mol. The zero-order valence-corrected chi connectivity index (χ0v) is 13.4. The molecule has 2 fully saturated rings. The number of fused-ring (bicyclic) bond motifs is 1. The molecule has 1 aromatic rings. The molecule has 2 heterocycles. The van der Waals surface area contributed by atoms with E-state index in [1.54, 1.807) is 0 Å². The van der Waals surface area contributed by atoms with Gasteiger partial charge in [0.15, 0.2) is 12.1 Å². The van der Waals surface area contributed by atoms with Crippen molar-refractivity contribution >= 4 is 0 Å². The fourth-order valence-corrected chi connectivity index (χ4v) is 2.89. The van der Waals surface area contributed by atoms with Gasteiger partial charge < -0.3 is 23.7 Å². The highest BCUT2D eigenvalue weighted by Crippen LogP contribution is 2.38. The summed E-state index contributed by atoms with van der Waals surface area (Å²) in [5.41, 5.74) is 1.11. The van der Waals surface area contributed by atoms with Gasteiger partial charge in [0.05, 0.1) is 13.2 Å². The van der Waals surface area contributed by atoms with E-state index in [-0.39, 0.29) is 24.9 Å². The first kappa shape index (κ1) is 16.4. The molecule has 4 atom stereocenters. The molecule has 2 saturated heterocycles. The quantitative estimate of drug-likeness (QED) is 0.752. The number of rotatable bonds is 6. The van der Waals surface area contributed by atoms with Crippen molar-refractivity contribution in [3.8, 4) is 12.3 Å². The molecule has 23 heavy (non-hydrogen) atoms. The van der Waals surface area contributed by atoms with Crippen molar-refractivity contribution in [2.75, 3.05) is 13.2 Å². The molecular formula is C18H22O5. The molecule has 2 aliphatic heterocycles. The Morgan fingerprint density at radius 1 is 1.22 bits per heavy atom. The fraction of sp³-hybridized carbons (Fsp3) is 0.556. The molecular weight excluding hydrogens is 296 g/mol. The molecule has 0 N–H and O–H groups in total. The number of benzene rings is 1. The van der Waals surface area contributed by atoms with E-state index in [0.717, 1.165) is 5.56 Å². The Labute approximate surface area is 136 Å². The molecule has 0 unspecified atom stereocenters. The van der Waals surface area contributed by atoms with Crippen LogP contribution in [-0.4, -0.2) is 43.6 Å². The van der Waals surface area contributed by atoms with Crippen LogP contribution in [0.25, 0.3) is 0 Å². The summed E-state index contributed by atoms with van der Waals surface area (Å²) in [6.07, 6.45) is 4.00. The second-order valence-corrected chi connectivity index (χ2v) is 6.12. The molecule has 1 aromatic carbocycles. The van der Waals surface area contributed by atoms with Crippen LogP contribution in [0.3, 0.4) is 0 Å². The molecule has 2 aliphatic rings. The van der Waals surface area contributed by atoms with Gasteiger partial charge in [-0.05, 0) is 19.4 Å². The third kappa shape index (κ3) is 3.92. The molecule has 0 spiro atoms. The molecule has 5 nitrogen and oxygen atoms in total. The lowest BCUT2D eigenvalue weighted by molar-refractivity contribution is -0.223. The van der Waals surface area contributed by atoms with Crippen molar-refractivity contribution in [2.24, 2.45) is 0 Å². The van der Waals surface area contributed by atoms with Crippen LogP contribution < -0.4 is 0 Å². The molecule has 0 aromatic heterocycles. The van der Waals surface area contributed by atoms with Crippen molar-refractivity contribution in [2.45, 2.75) is 50.8 Å². The number of terminal acetylenes is 1. The molecule has 0 aliphatic carbocycles. The van der Waals surface area contributed by atoms with Gasteiger partial charge >= 0.3 is 0 Å². The second kappa shape index (κ2) is 7.00. The van der Waals surface area contributed by atoms with E-state index in [1.807, 2.05) is 44.2 Å². The second-order valence-electron chi connectivity index (χ2n) is 6.12. The molecule has 0 bridgehead atoms. The van der Waals surface area contributed by atoms with Gasteiger partial charge in [-0.3, -0.25) is 0 Å². The van der Waals surface area contributed by atoms with Crippen LogP contribution in [0.5, 0.6) is 0 Å². The monoisotopic (exact) mass is 318 g/mol. The zero-order valence-electron chi connectivity index (χ0n) is 13.4. The highest BCUT2D eigenvalue weighted by atomic mass is 16.8. The van der Waals surface area contributed by atoms with Crippen molar-refractivity contribution < 1.29 is 23.7 Å². The molecule has 0 saturated carbocycles. The number of hydrogen-bond donors (Lipinski definition) is 0. The van der Waals surface area contributed by atoms with E-state index in [2.05, 4.69) is 5.92 Å². The van der Waals surface area contributed by atoms with E-state index in [9.17, 15) is 0 Å². The van der Waals surface area contributed by atoms with Crippen LogP contribution in [0.15, 0.2) is 30.3 Å². The summed E-state index contributed by atoms with van der Waals surface area (Å²) in [6, 6.07) is 9.98. The van der Waals surface area contributed by atoms with Crippen LogP contribution >= 0.6 is 0 Å². The van der Waals surface area contributed by atoms with Gasteiger partial charge in [-0.2, -0.15) is 0 Å². The van der Waals surface area contributed by atoms with Crippen molar-refractivity contribution in [1.82, 2.24) is 0 Å². The van der Waals surface area contributed by atoms with Gasteiger partial charge in [-0.1, -0.05) is 36.3 Å². The lowest BCUT2D eigenvalue weighted by atomic mass is 10.1. The maximum Gasteiger partial charge on any atom is 0.190 e. The van der Waals surface area contributed by atoms with E-state index >= 15 is 0 Å². The minimum absolute atomic E-state index is 0.205. The van der Waals surface area contributed by atoms with Gasteiger partial charge in [-0.15, -0.1) is 6.42 Å². The van der Waals surface area contributed by atoms with Gasteiger partial charge in [0, 0.05) is 0 Å². The Bertz CT molecular complexity index is 550. The highest BCUT2D eigenvalue weighted by Gasteiger charge is 2.55. The first-order valence-corrected chi connectivity index (χ1v) is 7.77. The summed E-state index contributed by atoms with van der Waals surface area (Å²) in [4.78, 5) is 0. The molecule has 124 valence electrons. The van der Waals surface area contributed by atoms with Crippen LogP contribution in [0.2, 0.25) is 0 Å². The molecule has 0 radical (unpaired) electrons. The summed E-state index contributed by atoms with van der Waals surface area (Å²) < 4.78 is 29.0. The van der Waals surface area contributed by atoms with E-state index in [4.69, 9.17) is 30.1 Å². The standard InChI is InChI=1S/C18H22O5/c1-4-10-20-15-14(12-19-11-13-8-6-5-7-9-13)21-17-16(15)22-18(2,3)23-17/h1,5-9,14-17H,10-12H2,2-3H3/t14-,15+,16-,17-/m1/s1. The minimum Gasteiger partial charge on any atom is -0.374 e. The average Bonchev–Trinajstić information content (AvgIpc) is 2.98.